The van der Waals surface area contributed by atoms with E-state index in [1.807, 2.05) is 0 Å². The molecule has 0 rings (SSSR count). The molecule has 0 bridgehead atoms. The van der Waals surface area contributed by atoms with Gasteiger partial charge in [0.15, 0.2) is 9.84 Å². The van der Waals surface area contributed by atoms with Gasteiger partial charge in [0.25, 0.3) is 0 Å². The molecule has 2 nitrogen and oxygen atoms in total. The second kappa shape index (κ2) is 3.74. The van der Waals surface area contributed by atoms with E-state index in [0.717, 1.165) is 10.8 Å². The van der Waals surface area contributed by atoms with E-state index >= 15 is 0 Å². The molecule has 0 atom stereocenters. The van der Waals surface area contributed by atoms with Gasteiger partial charge in [-0.2, -0.15) is 0 Å². The van der Waals surface area contributed by atoms with Crippen molar-refractivity contribution in [3.8, 4) is 0 Å². The zero-order chi connectivity index (χ0) is 7.33. The van der Waals surface area contributed by atoms with Gasteiger partial charge in [-0.15, -0.1) is 11.8 Å². The summed E-state index contributed by atoms with van der Waals surface area (Å²) in [6.07, 6.45) is 1.79. The fourth-order valence-electron chi connectivity index (χ4n) is 0.189. The highest BCUT2D eigenvalue weighted by atomic mass is 32.2. The minimum atomic E-state index is -3.12. The Morgan fingerprint density at radius 3 is 2.44 bits per heavy atom. The van der Waals surface area contributed by atoms with E-state index in [2.05, 4.69) is 6.58 Å². The van der Waals surface area contributed by atoms with Crippen LogP contribution < -0.4 is 0 Å². The summed E-state index contributed by atoms with van der Waals surface area (Å²) >= 11 is 1.34. The van der Waals surface area contributed by atoms with Crippen LogP contribution in [0.15, 0.2) is 22.8 Å². The molecule has 0 unspecified atom stereocenters. The largest absolute Gasteiger partial charge is 0.220 e. The molecule has 0 aliphatic rings. The Morgan fingerprint density at radius 2 is 2.11 bits per heavy atom. The monoisotopic (exact) mass is 164 g/mol. The Morgan fingerprint density at radius 1 is 1.56 bits per heavy atom. The van der Waals surface area contributed by atoms with Gasteiger partial charge in [0.2, 0.25) is 0 Å². The molecule has 0 spiro atoms. The van der Waals surface area contributed by atoms with Crippen molar-refractivity contribution in [2.75, 3.05) is 6.26 Å². The average Bonchev–Trinajstić information content (AvgIpc) is 1.84. The van der Waals surface area contributed by atoms with Crippen LogP contribution in [0.3, 0.4) is 0 Å². The van der Waals surface area contributed by atoms with Crippen molar-refractivity contribution < 1.29 is 8.42 Å². The van der Waals surface area contributed by atoms with Crippen LogP contribution in [0.1, 0.15) is 0 Å². The van der Waals surface area contributed by atoms with Crippen molar-refractivity contribution in [2.45, 2.75) is 0 Å². The Kier molecular flexibility index (Phi) is 3.65. The van der Waals surface area contributed by atoms with Crippen LogP contribution >= 0.6 is 11.8 Å². The van der Waals surface area contributed by atoms with Gasteiger partial charge in [-0.3, -0.25) is 0 Å². The van der Waals surface area contributed by atoms with Crippen LogP contribution in [0.2, 0.25) is 0 Å². The first-order chi connectivity index (χ1) is 4.12. The molecule has 0 aliphatic carbocycles. The Bertz CT molecular complexity index is 201. The summed E-state index contributed by atoms with van der Waals surface area (Å²) in [6, 6.07) is 0. The van der Waals surface area contributed by atoms with Crippen molar-refractivity contribution in [3.63, 3.8) is 0 Å². The molecule has 0 aromatic heterocycles. The third-order valence-corrected chi connectivity index (χ3v) is 2.17. The maximum atomic E-state index is 10.5. The van der Waals surface area contributed by atoms with Crippen molar-refractivity contribution in [3.05, 3.63) is 22.8 Å². The standard InChI is InChI=1S/C5H8O2S2/c1-3-9(6,7)5-4-8-2/h3-5H,1H2,2H3. The zero-order valence-electron chi connectivity index (χ0n) is 5.07. The van der Waals surface area contributed by atoms with Gasteiger partial charge < -0.3 is 0 Å². The minimum absolute atomic E-state index is 0.916. The maximum absolute atomic E-state index is 10.5. The van der Waals surface area contributed by atoms with Crippen molar-refractivity contribution in [2.24, 2.45) is 0 Å². The van der Waals surface area contributed by atoms with Crippen LogP contribution in [0.5, 0.6) is 0 Å². The fourth-order valence-corrected chi connectivity index (χ4v) is 1.36. The molecule has 0 aromatic carbocycles. The van der Waals surface area contributed by atoms with E-state index < -0.39 is 9.84 Å². The van der Waals surface area contributed by atoms with Crippen molar-refractivity contribution in [1.82, 2.24) is 0 Å². The lowest BCUT2D eigenvalue weighted by Gasteiger charge is -1.82. The molecule has 52 valence electrons. The topological polar surface area (TPSA) is 34.1 Å². The molecule has 0 saturated carbocycles. The van der Waals surface area contributed by atoms with Crippen molar-refractivity contribution >= 4 is 21.6 Å². The number of hydrogen-bond donors (Lipinski definition) is 0. The Labute approximate surface area is 59.6 Å². The van der Waals surface area contributed by atoms with Gasteiger partial charge >= 0.3 is 0 Å². The van der Waals surface area contributed by atoms with E-state index in [4.69, 9.17) is 0 Å². The first kappa shape index (κ1) is 8.78. The third-order valence-electron chi connectivity index (χ3n) is 0.614. The van der Waals surface area contributed by atoms with Crippen LogP contribution in [0, 0.1) is 0 Å². The van der Waals surface area contributed by atoms with Gasteiger partial charge in [-0.25, -0.2) is 8.42 Å². The minimum Gasteiger partial charge on any atom is -0.220 e. The molecular formula is C5H8O2S2. The highest BCUT2D eigenvalue weighted by Crippen LogP contribution is 1.99. The highest BCUT2D eigenvalue weighted by molar-refractivity contribution is 8.03. The smallest absolute Gasteiger partial charge is 0.192 e. The molecule has 0 N–H and O–H groups in total. The van der Waals surface area contributed by atoms with Crippen LogP contribution in [-0.4, -0.2) is 14.7 Å². The fraction of sp³-hybridized carbons (Fsp3) is 0.200. The summed E-state index contributed by atoms with van der Waals surface area (Å²) in [4.78, 5) is 0. The lowest BCUT2D eigenvalue weighted by Crippen LogP contribution is -1.84. The van der Waals surface area contributed by atoms with Gasteiger partial charge in [-0.1, -0.05) is 6.58 Å². The molecule has 0 heterocycles. The SMILES string of the molecule is C=CS(=O)(=O)C=CSC. The lowest BCUT2D eigenvalue weighted by atomic mass is 11.2. The molecule has 0 fully saturated rings. The number of sulfone groups is 1. The Balaban J connectivity index is 4.21. The van der Waals surface area contributed by atoms with Gasteiger partial charge in [0, 0.05) is 10.8 Å². The second-order valence-electron chi connectivity index (χ2n) is 1.26. The molecule has 9 heavy (non-hydrogen) atoms. The lowest BCUT2D eigenvalue weighted by molar-refractivity contribution is 0.613. The summed E-state index contributed by atoms with van der Waals surface area (Å²) in [5.74, 6) is 0. The number of rotatable bonds is 3. The molecule has 4 heteroatoms. The molecule has 0 amide bonds. The predicted molar refractivity (Wildman–Crippen MR) is 41.8 cm³/mol. The normalized spacial score (nSPS) is 12.1. The van der Waals surface area contributed by atoms with Gasteiger partial charge in [0.1, 0.15) is 0 Å². The van der Waals surface area contributed by atoms with E-state index in [0.29, 0.717) is 0 Å². The summed E-state index contributed by atoms with van der Waals surface area (Å²) in [6.45, 7) is 3.14. The van der Waals surface area contributed by atoms with Gasteiger partial charge in [-0.05, 0) is 11.7 Å². The number of thioether (sulfide) groups is 1. The summed E-state index contributed by atoms with van der Waals surface area (Å²) in [7, 11) is -3.12. The average molecular weight is 164 g/mol. The summed E-state index contributed by atoms with van der Waals surface area (Å²) < 4.78 is 21.1. The molecular weight excluding hydrogens is 156 g/mol. The van der Waals surface area contributed by atoms with Crippen LogP contribution in [0.25, 0.3) is 0 Å². The Hall–Kier alpha value is -0.220. The van der Waals surface area contributed by atoms with Crippen LogP contribution in [-0.2, 0) is 9.84 Å². The first-order valence-corrected chi connectivity index (χ1v) is 5.09. The highest BCUT2D eigenvalue weighted by Gasteiger charge is 1.93. The molecule has 0 aliphatic heterocycles. The second-order valence-corrected chi connectivity index (χ2v) is 3.79. The molecule has 0 saturated heterocycles. The molecule has 0 aromatic rings. The summed E-state index contributed by atoms with van der Waals surface area (Å²) in [5.41, 5.74) is 0. The van der Waals surface area contributed by atoms with Crippen LogP contribution in [0.4, 0.5) is 0 Å². The van der Waals surface area contributed by atoms with E-state index in [9.17, 15) is 8.42 Å². The summed E-state index contributed by atoms with van der Waals surface area (Å²) in [5, 5.41) is 3.53. The third kappa shape index (κ3) is 4.29. The molecule has 0 radical (unpaired) electrons. The number of hydrogen-bond acceptors (Lipinski definition) is 3. The van der Waals surface area contributed by atoms with E-state index in [1.165, 1.54) is 17.2 Å². The predicted octanol–water partition coefficient (Wildman–Crippen LogP) is 1.38. The van der Waals surface area contributed by atoms with Crippen molar-refractivity contribution in [1.29, 1.82) is 0 Å². The van der Waals surface area contributed by atoms with E-state index in [1.54, 1.807) is 6.26 Å². The quantitative estimate of drug-likeness (QED) is 0.632. The zero-order valence-corrected chi connectivity index (χ0v) is 6.71. The first-order valence-electron chi connectivity index (χ1n) is 2.19. The van der Waals surface area contributed by atoms with E-state index in [-0.39, 0.29) is 0 Å². The maximum Gasteiger partial charge on any atom is 0.192 e. The van der Waals surface area contributed by atoms with Gasteiger partial charge in [0.05, 0.1) is 0 Å².